The number of amides is 1. The number of Topliss-reactive ketones (excluding diaryl/α,β-unsaturated/α-hetero) is 2. The van der Waals surface area contributed by atoms with Crippen molar-refractivity contribution in [1.29, 1.82) is 0 Å². The van der Waals surface area contributed by atoms with Gasteiger partial charge in [0.1, 0.15) is 29.4 Å². The fourth-order valence-electron chi connectivity index (χ4n) is 5.73. The van der Waals surface area contributed by atoms with E-state index in [1.807, 2.05) is 0 Å². The number of hydrogen-bond donors (Lipinski definition) is 6. The van der Waals surface area contributed by atoms with Gasteiger partial charge in [0.15, 0.2) is 11.4 Å². The zero-order valence-electron chi connectivity index (χ0n) is 20.0. The number of halogens is 2. The third kappa shape index (κ3) is 4.07. The molecule has 13 heteroatoms. The smallest absolute Gasteiger partial charge is 0.263 e. The lowest BCUT2D eigenvalue weighted by molar-refractivity contribution is -0.148. The van der Waals surface area contributed by atoms with E-state index < -0.39 is 76.8 Å². The SMILES string of the molecule is CN(C)[C@@H]1C(O)=C(C(N)=O)C(=O)[C@@]2(O)C(O)=C3C(=O)c4c(O)ccc(CNOCC(F)F)c4C[C@H]3C[C@@H]12. The first-order valence-electron chi connectivity index (χ1n) is 11.4. The first-order valence-corrected chi connectivity index (χ1v) is 11.4. The van der Waals surface area contributed by atoms with Crippen LogP contribution in [0.4, 0.5) is 8.78 Å². The van der Waals surface area contributed by atoms with Gasteiger partial charge in [-0.05, 0) is 50.0 Å². The van der Waals surface area contributed by atoms with Crippen LogP contribution in [0.5, 0.6) is 5.75 Å². The topological polar surface area (TPSA) is 183 Å². The van der Waals surface area contributed by atoms with E-state index >= 15 is 0 Å². The number of phenols is 1. The fraction of sp³-hybridized carbons (Fsp3) is 0.458. The lowest BCUT2D eigenvalue weighted by Gasteiger charge is -2.50. The molecule has 0 bridgehead atoms. The number of rotatable bonds is 7. The summed E-state index contributed by atoms with van der Waals surface area (Å²) in [6, 6.07) is 1.62. The third-order valence-electron chi connectivity index (χ3n) is 7.28. The second-order valence-corrected chi connectivity index (χ2v) is 9.58. The Bertz CT molecular complexity index is 1240. The van der Waals surface area contributed by atoms with Gasteiger partial charge in [-0.25, -0.2) is 8.78 Å². The van der Waals surface area contributed by atoms with Crippen LogP contribution in [-0.2, 0) is 27.4 Å². The highest BCUT2D eigenvalue weighted by Crippen LogP contribution is 2.52. The molecule has 4 rings (SSSR count). The number of hydroxylamine groups is 1. The standard InChI is InChI=1S/C24H27F2N3O8/c1-29(2)18-12-6-10-5-11-9(7-28-37-8-14(25)26)3-4-13(30)16(11)19(31)15(10)21(33)24(12,36)22(34)17(20(18)32)23(27)35/h3-4,10,12,14,18,28,30,32-33,36H,5-8H2,1-2H3,(H2,27,35)/t10-,12-,18-,24-/m0/s1. The Kier molecular flexibility index (Phi) is 6.84. The summed E-state index contributed by atoms with van der Waals surface area (Å²) in [6.45, 7) is -0.925. The lowest BCUT2D eigenvalue weighted by atomic mass is 9.58. The number of benzene rings is 1. The quantitative estimate of drug-likeness (QED) is 0.166. The van der Waals surface area contributed by atoms with Gasteiger partial charge < -0.3 is 26.2 Å². The van der Waals surface area contributed by atoms with Crippen LogP contribution in [0.1, 0.15) is 27.9 Å². The monoisotopic (exact) mass is 523 g/mol. The number of phenolic OH excluding ortho intramolecular Hbond substituents is 1. The van der Waals surface area contributed by atoms with Crippen molar-refractivity contribution >= 4 is 17.5 Å². The molecular formula is C24H27F2N3O8. The van der Waals surface area contributed by atoms with E-state index in [1.165, 1.54) is 31.1 Å². The second-order valence-electron chi connectivity index (χ2n) is 9.58. The molecule has 3 aliphatic rings. The lowest BCUT2D eigenvalue weighted by Crippen LogP contribution is -2.63. The van der Waals surface area contributed by atoms with Crippen molar-refractivity contribution in [3.05, 3.63) is 51.5 Å². The van der Waals surface area contributed by atoms with Crippen molar-refractivity contribution in [2.75, 3.05) is 20.7 Å². The van der Waals surface area contributed by atoms with E-state index in [2.05, 4.69) is 5.48 Å². The van der Waals surface area contributed by atoms with Crippen LogP contribution in [0.2, 0.25) is 0 Å². The predicted molar refractivity (Wildman–Crippen MR) is 122 cm³/mol. The zero-order valence-corrected chi connectivity index (χ0v) is 20.0. The minimum absolute atomic E-state index is 0.0594. The Balaban J connectivity index is 1.82. The number of aliphatic hydroxyl groups is 3. The number of allylic oxidation sites excluding steroid dienone is 1. The Morgan fingerprint density at radius 2 is 1.95 bits per heavy atom. The highest BCUT2D eigenvalue weighted by atomic mass is 19.3. The van der Waals surface area contributed by atoms with Gasteiger partial charge >= 0.3 is 0 Å². The molecule has 7 N–H and O–H groups in total. The highest BCUT2D eigenvalue weighted by Gasteiger charge is 2.63. The minimum atomic E-state index is -2.72. The summed E-state index contributed by atoms with van der Waals surface area (Å²) in [7, 11) is 3.07. The molecule has 0 aromatic heterocycles. The van der Waals surface area contributed by atoms with Gasteiger partial charge in [0.25, 0.3) is 12.3 Å². The minimum Gasteiger partial charge on any atom is -0.510 e. The number of primary amides is 1. The number of carbonyl (C=O) groups is 3. The van der Waals surface area contributed by atoms with E-state index in [4.69, 9.17) is 10.6 Å². The Hall–Kier alpha value is -3.39. The van der Waals surface area contributed by atoms with Crippen LogP contribution in [0, 0.1) is 11.8 Å². The Morgan fingerprint density at radius 1 is 1.27 bits per heavy atom. The summed E-state index contributed by atoms with van der Waals surface area (Å²) < 4.78 is 24.7. The van der Waals surface area contributed by atoms with E-state index in [1.54, 1.807) is 0 Å². The number of fused-ring (bicyclic) bond motifs is 3. The molecule has 1 aromatic rings. The summed E-state index contributed by atoms with van der Waals surface area (Å²) in [4.78, 5) is 45.0. The fourth-order valence-corrected chi connectivity index (χ4v) is 5.73. The summed E-state index contributed by atoms with van der Waals surface area (Å²) in [5.41, 5.74) is 4.48. The van der Waals surface area contributed by atoms with E-state index in [9.17, 15) is 43.6 Å². The molecule has 0 saturated heterocycles. The largest absolute Gasteiger partial charge is 0.510 e. The molecule has 0 heterocycles. The van der Waals surface area contributed by atoms with Crippen LogP contribution < -0.4 is 11.2 Å². The van der Waals surface area contributed by atoms with Gasteiger partial charge in [-0.15, -0.1) is 0 Å². The number of carbonyl (C=O) groups excluding carboxylic acids is 3. The zero-order chi connectivity index (χ0) is 27.4. The first-order chi connectivity index (χ1) is 17.3. The molecule has 1 aromatic carbocycles. The van der Waals surface area contributed by atoms with Crippen LogP contribution >= 0.6 is 0 Å². The molecule has 0 saturated carbocycles. The van der Waals surface area contributed by atoms with E-state index in [-0.39, 0.29) is 30.5 Å². The van der Waals surface area contributed by atoms with Gasteiger partial charge in [-0.1, -0.05) is 6.07 Å². The number of nitrogens with one attached hydrogen (secondary N) is 1. The summed E-state index contributed by atoms with van der Waals surface area (Å²) in [5.74, 6) is -7.38. The van der Waals surface area contributed by atoms with Crippen molar-refractivity contribution < 1.29 is 48.4 Å². The van der Waals surface area contributed by atoms with Crippen molar-refractivity contribution in [1.82, 2.24) is 10.4 Å². The molecular weight excluding hydrogens is 496 g/mol. The average Bonchev–Trinajstić information content (AvgIpc) is 2.79. The molecule has 1 amide bonds. The van der Waals surface area contributed by atoms with Crippen LogP contribution in [0.15, 0.2) is 34.8 Å². The molecule has 200 valence electrons. The van der Waals surface area contributed by atoms with Crippen molar-refractivity contribution in [3.63, 3.8) is 0 Å². The molecule has 0 fully saturated rings. The summed E-state index contributed by atoms with van der Waals surface area (Å²) in [5, 5.41) is 44.0. The molecule has 0 radical (unpaired) electrons. The third-order valence-corrected chi connectivity index (χ3v) is 7.28. The Labute approximate surface area is 209 Å². The van der Waals surface area contributed by atoms with Gasteiger partial charge in [0, 0.05) is 18.0 Å². The van der Waals surface area contributed by atoms with Gasteiger partial charge in [-0.3, -0.25) is 24.1 Å². The molecule has 0 spiro atoms. The average molecular weight is 523 g/mol. The van der Waals surface area contributed by atoms with E-state index in [0.717, 1.165) is 0 Å². The van der Waals surface area contributed by atoms with Crippen LogP contribution in [-0.4, -0.2) is 81.6 Å². The van der Waals surface area contributed by atoms with Crippen LogP contribution in [0.3, 0.4) is 0 Å². The van der Waals surface area contributed by atoms with Crippen molar-refractivity contribution in [2.45, 2.75) is 37.5 Å². The van der Waals surface area contributed by atoms with Gasteiger partial charge in [-0.2, -0.15) is 5.48 Å². The maximum Gasteiger partial charge on any atom is 0.263 e. The number of alkyl halides is 2. The van der Waals surface area contributed by atoms with Gasteiger partial charge in [0.05, 0.1) is 11.6 Å². The van der Waals surface area contributed by atoms with Gasteiger partial charge in [0.2, 0.25) is 5.78 Å². The number of likely N-dealkylation sites (N-methyl/N-ethyl adjacent to an activating group) is 1. The normalized spacial score (nSPS) is 27.5. The number of nitrogens with two attached hydrogens (primary N) is 1. The maximum absolute atomic E-state index is 13.6. The Morgan fingerprint density at radius 3 is 2.54 bits per heavy atom. The summed E-state index contributed by atoms with van der Waals surface area (Å²) in [6.07, 6.45) is -2.67. The molecule has 0 unspecified atom stereocenters. The molecule has 0 aliphatic heterocycles. The number of aromatic hydroxyl groups is 1. The molecule has 4 atom stereocenters. The molecule has 37 heavy (non-hydrogen) atoms. The number of ketones is 2. The second kappa shape index (κ2) is 9.49. The first kappa shape index (κ1) is 26.7. The van der Waals surface area contributed by atoms with Crippen LogP contribution in [0.25, 0.3) is 0 Å². The predicted octanol–water partition coefficient (Wildman–Crippen LogP) is 0.407. The summed E-state index contributed by atoms with van der Waals surface area (Å²) >= 11 is 0. The highest BCUT2D eigenvalue weighted by molar-refractivity contribution is 6.24. The number of hydrogen-bond acceptors (Lipinski definition) is 10. The van der Waals surface area contributed by atoms with E-state index in [0.29, 0.717) is 11.1 Å². The number of aliphatic hydroxyl groups excluding tert-OH is 2. The molecule has 11 nitrogen and oxygen atoms in total. The number of nitrogens with zero attached hydrogens (tertiary/aromatic N) is 1. The maximum atomic E-state index is 13.6. The van der Waals surface area contributed by atoms with Crippen molar-refractivity contribution in [3.8, 4) is 5.75 Å². The molecule has 3 aliphatic carbocycles. The van der Waals surface area contributed by atoms with Crippen molar-refractivity contribution in [2.24, 2.45) is 17.6 Å².